The summed E-state index contributed by atoms with van der Waals surface area (Å²) in [4.78, 5) is 0. The van der Waals surface area contributed by atoms with E-state index in [4.69, 9.17) is 5.73 Å². The molecule has 1 aromatic carbocycles. The fourth-order valence-electron chi connectivity index (χ4n) is 2.14. The Hall–Kier alpha value is -1.02. The second-order valence-electron chi connectivity index (χ2n) is 5.20. The van der Waals surface area contributed by atoms with Gasteiger partial charge in [-0.25, -0.2) is 0 Å². The highest BCUT2D eigenvalue weighted by Gasteiger charge is 2.09. The highest BCUT2D eigenvalue weighted by molar-refractivity contribution is 5.62. The summed E-state index contributed by atoms with van der Waals surface area (Å²) in [5, 5.41) is 3.59. The van der Waals surface area contributed by atoms with E-state index in [0.717, 1.165) is 19.5 Å². The molecule has 0 aliphatic heterocycles. The zero-order chi connectivity index (χ0) is 13.0. The van der Waals surface area contributed by atoms with Crippen LogP contribution < -0.4 is 11.1 Å². The maximum Gasteiger partial charge on any atom is 0.0405 e. The summed E-state index contributed by atoms with van der Waals surface area (Å²) in [5.74, 6) is 0.625. The van der Waals surface area contributed by atoms with Gasteiger partial charge >= 0.3 is 0 Å². The Morgan fingerprint density at radius 1 is 1.12 bits per heavy atom. The van der Waals surface area contributed by atoms with E-state index in [9.17, 15) is 0 Å². The first-order chi connectivity index (χ1) is 7.97. The van der Waals surface area contributed by atoms with Gasteiger partial charge in [0.05, 0.1) is 0 Å². The average Bonchev–Trinajstić information content (AvgIpc) is 2.27. The van der Waals surface area contributed by atoms with Gasteiger partial charge in [-0.15, -0.1) is 0 Å². The zero-order valence-electron chi connectivity index (χ0n) is 11.9. The molecule has 1 rings (SSSR count). The van der Waals surface area contributed by atoms with Crippen molar-refractivity contribution in [3.8, 4) is 0 Å². The lowest BCUT2D eigenvalue weighted by Gasteiger charge is -2.19. The Morgan fingerprint density at radius 3 is 2.12 bits per heavy atom. The molecule has 1 unspecified atom stereocenters. The van der Waals surface area contributed by atoms with Crippen LogP contribution in [0.5, 0.6) is 0 Å². The summed E-state index contributed by atoms with van der Waals surface area (Å²) >= 11 is 0. The fourth-order valence-corrected chi connectivity index (χ4v) is 2.14. The standard InChI is InChI=1S/C15H26N2/c1-10(6-7-16)9-17-15-13(4)11(2)8-12(3)14(15)5/h8,10,17H,6-7,9,16H2,1-5H3. The number of benzene rings is 1. The predicted molar refractivity (Wildman–Crippen MR) is 76.7 cm³/mol. The lowest BCUT2D eigenvalue weighted by Crippen LogP contribution is -2.16. The Kier molecular flexibility index (Phi) is 5.01. The van der Waals surface area contributed by atoms with Crippen molar-refractivity contribution in [3.05, 3.63) is 28.3 Å². The Morgan fingerprint density at radius 2 is 1.65 bits per heavy atom. The quantitative estimate of drug-likeness (QED) is 0.820. The summed E-state index contributed by atoms with van der Waals surface area (Å²) in [7, 11) is 0. The number of nitrogens with one attached hydrogen (secondary N) is 1. The van der Waals surface area contributed by atoms with Crippen LogP contribution in [0.4, 0.5) is 5.69 Å². The van der Waals surface area contributed by atoms with Crippen LogP contribution in [-0.4, -0.2) is 13.1 Å². The van der Waals surface area contributed by atoms with Crippen molar-refractivity contribution >= 4 is 5.69 Å². The van der Waals surface area contributed by atoms with Crippen LogP contribution in [-0.2, 0) is 0 Å². The first-order valence-electron chi connectivity index (χ1n) is 6.48. The molecule has 0 heterocycles. The largest absolute Gasteiger partial charge is 0.384 e. The number of nitrogens with two attached hydrogens (primary N) is 1. The van der Waals surface area contributed by atoms with Gasteiger partial charge in [-0.3, -0.25) is 0 Å². The second-order valence-corrected chi connectivity index (χ2v) is 5.20. The Balaban J connectivity index is 2.83. The minimum atomic E-state index is 0.625. The van der Waals surface area contributed by atoms with E-state index >= 15 is 0 Å². The van der Waals surface area contributed by atoms with E-state index in [2.05, 4.69) is 46.0 Å². The van der Waals surface area contributed by atoms with Crippen molar-refractivity contribution < 1.29 is 0 Å². The molecule has 0 saturated heterocycles. The number of aryl methyl sites for hydroxylation is 2. The smallest absolute Gasteiger partial charge is 0.0405 e. The third-order valence-corrected chi connectivity index (χ3v) is 3.65. The Labute approximate surface area is 106 Å². The van der Waals surface area contributed by atoms with E-state index in [1.807, 2.05) is 0 Å². The van der Waals surface area contributed by atoms with Crippen molar-refractivity contribution in [2.75, 3.05) is 18.4 Å². The van der Waals surface area contributed by atoms with Crippen molar-refractivity contribution in [1.29, 1.82) is 0 Å². The molecule has 0 aromatic heterocycles. The minimum absolute atomic E-state index is 0.625. The van der Waals surface area contributed by atoms with E-state index in [0.29, 0.717) is 5.92 Å². The van der Waals surface area contributed by atoms with Gasteiger partial charge in [0.25, 0.3) is 0 Å². The molecule has 0 bridgehead atoms. The van der Waals surface area contributed by atoms with Gasteiger partial charge in [0.2, 0.25) is 0 Å². The van der Waals surface area contributed by atoms with E-state index < -0.39 is 0 Å². The molecular formula is C15H26N2. The van der Waals surface area contributed by atoms with Crippen LogP contribution >= 0.6 is 0 Å². The average molecular weight is 234 g/mol. The molecule has 1 aromatic rings. The van der Waals surface area contributed by atoms with Gasteiger partial charge < -0.3 is 11.1 Å². The van der Waals surface area contributed by atoms with Gasteiger partial charge in [-0.05, 0) is 68.8 Å². The minimum Gasteiger partial charge on any atom is -0.384 e. The van der Waals surface area contributed by atoms with Gasteiger partial charge in [0, 0.05) is 12.2 Å². The monoisotopic (exact) mass is 234 g/mol. The molecule has 17 heavy (non-hydrogen) atoms. The normalized spacial score (nSPS) is 12.6. The Bertz CT molecular complexity index is 357. The molecule has 2 heteroatoms. The van der Waals surface area contributed by atoms with E-state index in [1.165, 1.54) is 27.9 Å². The molecule has 3 N–H and O–H groups in total. The summed E-state index contributed by atoms with van der Waals surface area (Å²) < 4.78 is 0. The van der Waals surface area contributed by atoms with Crippen LogP contribution in [0.2, 0.25) is 0 Å². The van der Waals surface area contributed by atoms with Crippen LogP contribution in [0, 0.1) is 33.6 Å². The van der Waals surface area contributed by atoms with Crippen LogP contribution in [0.3, 0.4) is 0 Å². The lowest BCUT2D eigenvalue weighted by molar-refractivity contribution is 0.568. The van der Waals surface area contributed by atoms with Crippen LogP contribution in [0.15, 0.2) is 6.07 Å². The van der Waals surface area contributed by atoms with Crippen molar-refractivity contribution in [1.82, 2.24) is 0 Å². The van der Waals surface area contributed by atoms with Crippen LogP contribution in [0.25, 0.3) is 0 Å². The summed E-state index contributed by atoms with van der Waals surface area (Å²) in [5.41, 5.74) is 12.4. The maximum absolute atomic E-state index is 5.58. The molecule has 1 atom stereocenters. The third kappa shape index (κ3) is 3.47. The van der Waals surface area contributed by atoms with Crippen molar-refractivity contribution in [2.24, 2.45) is 11.7 Å². The SMILES string of the molecule is Cc1cc(C)c(C)c(NCC(C)CCN)c1C. The number of anilines is 1. The fraction of sp³-hybridized carbons (Fsp3) is 0.600. The van der Waals surface area contributed by atoms with Crippen molar-refractivity contribution in [3.63, 3.8) is 0 Å². The first kappa shape index (κ1) is 14.0. The molecule has 0 radical (unpaired) electrons. The van der Waals surface area contributed by atoms with Gasteiger partial charge in [-0.2, -0.15) is 0 Å². The maximum atomic E-state index is 5.58. The van der Waals surface area contributed by atoms with E-state index in [-0.39, 0.29) is 0 Å². The predicted octanol–water partition coefficient (Wildman–Crippen LogP) is 3.32. The highest BCUT2D eigenvalue weighted by atomic mass is 14.9. The number of rotatable bonds is 5. The number of hydrogen-bond donors (Lipinski definition) is 2. The molecule has 0 fully saturated rings. The van der Waals surface area contributed by atoms with Crippen molar-refractivity contribution in [2.45, 2.75) is 41.0 Å². The zero-order valence-corrected chi connectivity index (χ0v) is 11.9. The second kappa shape index (κ2) is 6.06. The molecule has 0 saturated carbocycles. The number of hydrogen-bond acceptors (Lipinski definition) is 2. The van der Waals surface area contributed by atoms with Gasteiger partial charge in [-0.1, -0.05) is 13.0 Å². The molecule has 0 aliphatic carbocycles. The molecular weight excluding hydrogens is 208 g/mol. The first-order valence-corrected chi connectivity index (χ1v) is 6.48. The topological polar surface area (TPSA) is 38.0 Å². The lowest BCUT2D eigenvalue weighted by atomic mass is 9.98. The molecule has 2 nitrogen and oxygen atoms in total. The van der Waals surface area contributed by atoms with Gasteiger partial charge in [0.15, 0.2) is 0 Å². The molecule has 0 amide bonds. The molecule has 0 spiro atoms. The summed E-state index contributed by atoms with van der Waals surface area (Å²) in [6.07, 6.45) is 1.08. The molecule has 96 valence electrons. The highest BCUT2D eigenvalue weighted by Crippen LogP contribution is 2.26. The van der Waals surface area contributed by atoms with E-state index in [1.54, 1.807) is 0 Å². The van der Waals surface area contributed by atoms with Crippen LogP contribution in [0.1, 0.15) is 35.6 Å². The summed E-state index contributed by atoms with van der Waals surface area (Å²) in [6.45, 7) is 12.8. The third-order valence-electron chi connectivity index (χ3n) is 3.65. The molecule has 0 aliphatic rings. The van der Waals surface area contributed by atoms with Gasteiger partial charge in [0.1, 0.15) is 0 Å². The summed E-state index contributed by atoms with van der Waals surface area (Å²) in [6, 6.07) is 2.26.